The maximum Gasteiger partial charge on any atom is 0.255 e. The van der Waals surface area contributed by atoms with Crippen molar-refractivity contribution in [3.63, 3.8) is 0 Å². The van der Waals surface area contributed by atoms with Crippen LogP contribution in [0, 0.1) is 12.8 Å². The molecule has 0 spiro atoms. The highest BCUT2D eigenvalue weighted by Gasteiger charge is 2.31. The summed E-state index contributed by atoms with van der Waals surface area (Å²) in [5.41, 5.74) is 2.40. The number of likely N-dealkylation sites (N-methyl/N-ethyl adjacent to an activating group) is 1. The van der Waals surface area contributed by atoms with Crippen LogP contribution in [0.5, 0.6) is 0 Å². The van der Waals surface area contributed by atoms with Crippen molar-refractivity contribution in [3.05, 3.63) is 52.6 Å². The lowest BCUT2D eigenvalue weighted by Crippen LogP contribution is -2.45. The Bertz CT molecular complexity index is 874. The summed E-state index contributed by atoms with van der Waals surface area (Å²) in [5.74, 6) is -0.00564. The SMILES string of the molecule is Cc1[nH]cnc1CN(CCN(C)C)C(=O)C1CCN(C(=O)c2ccccc2Cl)CC1. The first-order valence-corrected chi connectivity index (χ1v) is 10.7. The summed E-state index contributed by atoms with van der Waals surface area (Å²) in [7, 11) is 4.00. The zero-order chi connectivity index (χ0) is 21.7. The number of likely N-dealkylation sites (tertiary alicyclic amines) is 1. The molecule has 1 aromatic heterocycles. The van der Waals surface area contributed by atoms with Gasteiger partial charge in [0.2, 0.25) is 5.91 Å². The molecular weight excluding hydrogens is 402 g/mol. The average molecular weight is 432 g/mol. The molecule has 1 fully saturated rings. The number of imidazole rings is 1. The molecule has 8 heteroatoms. The van der Waals surface area contributed by atoms with Crippen molar-refractivity contribution in [3.8, 4) is 0 Å². The van der Waals surface area contributed by atoms with E-state index in [0.717, 1.165) is 17.9 Å². The van der Waals surface area contributed by atoms with E-state index in [2.05, 4.69) is 14.9 Å². The molecule has 162 valence electrons. The Balaban J connectivity index is 1.63. The fraction of sp³-hybridized carbons (Fsp3) is 0.500. The van der Waals surface area contributed by atoms with Crippen molar-refractivity contribution in [1.29, 1.82) is 0 Å². The molecule has 2 heterocycles. The number of amides is 2. The van der Waals surface area contributed by atoms with Crippen molar-refractivity contribution < 1.29 is 9.59 Å². The van der Waals surface area contributed by atoms with Crippen LogP contribution in [0.2, 0.25) is 5.02 Å². The van der Waals surface area contributed by atoms with Gasteiger partial charge in [0.05, 0.1) is 29.2 Å². The molecule has 2 aromatic rings. The van der Waals surface area contributed by atoms with Crippen LogP contribution < -0.4 is 0 Å². The second kappa shape index (κ2) is 10.1. The minimum absolute atomic E-state index is 0.0666. The Kier molecular flexibility index (Phi) is 7.50. The Morgan fingerprint density at radius 1 is 1.20 bits per heavy atom. The lowest BCUT2D eigenvalue weighted by molar-refractivity contribution is -0.137. The van der Waals surface area contributed by atoms with Gasteiger partial charge in [0, 0.05) is 37.8 Å². The summed E-state index contributed by atoms with van der Waals surface area (Å²) >= 11 is 6.18. The first kappa shape index (κ1) is 22.3. The number of rotatable bonds is 7. The third kappa shape index (κ3) is 5.40. The molecule has 1 N–H and O–H groups in total. The van der Waals surface area contributed by atoms with Crippen LogP contribution in [0.15, 0.2) is 30.6 Å². The van der Waals surface area contributed by atoms with Gasteiger partial charge in [0.15, 0.2) is 0 Å². The number of carbonyl (C=O) groups excluding carboxylic acids is 2. The number of aromatic nitrogens is 2. The summed E-state index contributed by atoms with van der Waals surface area (Å²) in [6.45, 7) is 5.03. The van der Waals surface area contributed by atoms with Gasteiger partial charge in [-0.1, -0.05) is 23.7 Å². The van der Waals surface area contributed by atoms with Crippen LogP contribution in [0.3, 0.4) is 0 Å². The largest absolute Gasteiger partial charge is 0.348 e. The molecule has 0 aliphatic carbocycles. The highest BCUT2D eigenvalue weighted by Crippen LogP contribution is 2.24. The lowest BCUT2D eigenvalue weighted by Gasteiger charge is -2.34. The van der Waals surface area contributed by atoms with Crippen molar-refractivity contribution >= 4 is 23.4 Å². The monoisotopic (exact) mass is 431 g/mol. The van der Waals surface area contributed by atoms with E-state index in [0.29, 0.717) is 49.6 Å². The van der Waals surface area contributed by atoms with Gasteiger partial charge in [0.1, 0.15) is 0 Å². The molecule has 2 amide bonds. The first-order valence-electron chi connectivity index (χ1n) is 10.3. The predicted molar refractivity (Wildman–Crippen MR) is 117 cm³/mol. The Labute approximate surface area is 183 Å². The maximum absolute atomic E-state index is 13.3. The van der Waals surface area contributed by atoms with E-state index < -0.39 is 0 Å². The van der Waals surface area contributed by atoms with Crippen molar-refractivity contribution in [2.45, 2.75) is 26.3 Å². The molecule has 0 saturated carbocycles. The average Bonchev–Trinajstić information content (AvgIpc) is 3.15. The Morgan fingerprint density at radius 3 is 2.50 bits per heavy atom. The summed E-state index contributed by atoms with van der Waals surface area (Å²) in [4.78, 5) is 39.3. The van der Waals surface area contributed by atoms with Gasteiger partial charge in [-0.05, 0) is 46.0 Å². The maximum atomic E-state index is 13.3. The van der Waals surface area contributed by atoms with Gasteiger partial charge in [-0.15, -0.1) is 0 Å². The minimum atomic E-state index is -0.0818. The van der Waals surface area contributed by atoms with E-state index in [-0.39, 0.29) is 17.7 Å². The molecule has 1 aliphatic heterocycles. The number of carbonyl (C=O) groups is 2. The molecule has 0 unspecified atom stereocenters. The lowest BCUT2D eigenvalue weighted by atomic mass is 9.94. The van der Waals surface area contributed by atoms with Crippen molar-refractivity contribution in [1.82, 2.24) is 24.7 Å². The van der Waals surface area contributed by atoms with Gasteiger partial charge in [0.25, 0.3) is 5.91 Å². The van der Waals surface area contributed by atoms with Crippen LogP contribution >= 0.6 is 11.6 Å². The highest BCUT2D eigenvalue weighted by molar-refractivity contribution is 6.33. The van der Waals surface area contributed by atoms with E-state index in [4.69, 9.17) is 11.6 Å². The van der Waals surface area contributed by atoms with E-state index >= 15 is 0 Å². The second-order valence-electron chi connectivity index (χ2n) is 8.08. The van der Waals surface area contributed by atoms with E-state index in [1.54, 1.807) is 23.4 Å². The van der Waals surface area contributed by atoms with Gasteiger partial charge in [-0.25, -0.2) is 4.98 Å². The second-order valence-corrected chi connectivity index (χ2v) is 8.49. The number of aromatic amines is 1. The third-order valence-electron chi connectivity index (χ3n) is 5.64. The zero-order valence-corrected chi connectivity index (χ0v) is 18.7. The smallest absolute Gasteiger partial charge is 0.255 e. The fourth-order valence-corrected chi connectivity index (χ4v) is 3.92. The molecule has 3 rings (SSSR count). The third-order valence-corrected chi connectivity index (χ3v) is 5.97. The highest BCUT2D eigenvalue weighted by atomic mass is 35.5. The van der Waals surface area contributed by atoms with Crippen LogP contribution in [0.1, 0.15) is 34.6 Å². The van der Waals surface area contributed by atoms with Gasteiger partial charge < -0.3 is 19.7 Å². The number of hydrogen-bond donors (Lipinski definition) is 1. The van der Waals surface area contributed by atoms with Gasteiger partial charge >= 0.3 is 0 Å². The predicted octanol–water partition coefficient (Wildman–Crippen LogP) is 2.81. The molecule has 0 atom stereocenters. The van der Waals surface area contributed by atoms with Crippen molar-refractivity contribution in [2.75, 3.05) is 40.3 Å². The van der Waals surface area contributed by atoms with Crippen LogP contribution in [0.25, 0.3) is 0 Å². The molecule has 0 bridgehead atoms. The Morgan fingerprint density at radius 2 is 1.90 bits per heavy atom. The quantitative estimate of drug-likeness (QED) is 0.731. The van der Waals surface area contributed by atoms with Gasteiger partial charge in [-0.2, -0.15) is 0 Å². The van der Waals surface area contributed by atoms with E-state index in [9.17, 15) is 9.59 Å². The first-order chi connectivity index (χ1) is 14.4. The number of benzene rings is 1. The van der Waals surface area contributed by atoms with Crippen LogP contribution in [0.4, 0.5) is 0 Å². The summed E-state index contributed by atoms with van der Waals surface area (Å²) in [5, 5.41) is 0.463. The molecule has 1 saturated heterocycles. The number of halogens is 1. The molecule has 7 nitrogen and oxygen atoms in total. The van der Waals surface area contributed by atoms with Crippen molar-refractivity contribution in [2.24, 2.45) is 5.92 Å². The topological polar surface area (TPSA) is 72.5 Å². The zero-order valence-electron chi connectivity index (χ0n) is 17.9. The molecule has 1 aromatic carbocycles. The fourth-order valence-electron chi connectivity index (χ4n) is 3.71. The molecule has 0 radical (unpaired) electrons. The minimum Gasteiger partial charge on any atom is -0.348 e. The Hall–Kier alpha value is -2.38. The standard InChI is InChI=1S/C22H30ClN5O2/c1-16-20(25-15-24-16)14-28(13-12-26(2)3)21(29)17-8-10-27(11-9-17)22(30)18-6-4-5-7-19(18)23/h4-7,15,17H,8-14H2,1-3H3,(H,24,25). The summed E-state index contributed by atoms with van der Waals surface area (Å²) in [6, 6.07) is 7.10. The molecule has 30 heavy (non-hydrogen) atoms. The molecule has 1 aliphatic rings. The number of nitrogens with one attached hydrogen (secondary N) is 1. The van der Waals surface area contributed by atoms with E-state index in [1.165, 1.54) is 0 Å². The van der Waals surface area contributed by atoms with Crippen LogP contribution in [-0.2, 0) is 11.3 Å². The number of nitrogens with zero attached hydrogens (tertiary/aromatic N) is 4. The number of H-pyrrole nitrogens is 1. The summed E-state index contributed by atoms with van der Waals surface area (Å²) < 4.78 is 0. The molecular formula is C22H30ClN5O2. The number of hydrogen-bond acceptors (Lipinski definition) is 4. The normalized spacial score (nSPS) is 14.9. The van der Waals surface area contributed by atoms with Gasteiger partial charge in [-0.3, -0.25) is 9.59 Å². The number of piperidine rings is 1. The summed E-state index contributed by atoms with van der Waals surface area (Å²) in [6.07, 6.45) is 2.98. The number of aryl methyl sites for hydroxylation is 1. The van der Waals surface area contributed by atoms with Crippen LogP contribution in [-0.4, -0.2) is 76.8 Å². The van der Waals surface area contributed by atoms with E-state index in [1.807, 2.05) is 38.1 Å².